The molecule has 0 saturated carbocycles. The van der Waals surface area contributed by atoms with Gasteiger partial charge in [-0.2, -0.15) is 0 Å². The second kappa shape index (κ2) is 3.06. The molecule has 0 spiro atoms. The maximum Gasteiger partial charge on any atom is 0.337 e. The van der Waals surface area contributed by atoms with E-state index in [-0.39, 0.29) is 0 Å². The van der Waals surface area contributed by atoms with Crippen molar-refractivity contribution in [3.8, 4) is 0 Å². The van der Waals surface area contributed by atoms with Crippen LogP contribution in [0.1, 0.15) is 0 Å². The molecule has 0 amide bonds. The van der Waals surface area contributed by atoms with Gasteiger partial charge in [-0.15, -0.1) is 50.5 Å². The fraction of sp³-hybridized carbons (Fsp3) is 0.667. The third-order valence-electron chi connectivity index (χ3n) is 0.837. The first kappa shape index (κ1) is 10.8. The summed E-state index contributed by atoms with van der Waals surface area (Å²) in [6, 6.07) is 0. The van der Waals surface area contributed by atoms with Crippen molar-refractivity contribution < 1.29 is 9.90 Å². The van der Waals surface area contributed by atoms with E-state index < -0.39 is 14.3 Å². The van der Waals surface area contributed by atoms with Crippen molar-refractivity contribution >= 4 is 56.5 Å². The fourth-order valence-electron chi connectivity index (χ4n) is 0.143. The van der Waals surface area contributed by atoms with Gasteiger partial charge in [-0.25, -0.2) is 4.79 Å². The van der Waals surface area contributed by atoms with Gasteiger partial charge in [0.1, 0.15) is 3.41 Å². The van der Waals surface area contributed by atoms with Crippen LogP contribution in [-0.2, 0) is 4.79 Å². The number of carboxylic acid groups (broad SMARTS) is 1. The molecular formula is C3H7NO2S4. The van der Waals surface area contributed by atoms with Gasteiger partial charge in [-0.05, 0) is 0 Å². The van der Waals surface area contributed by atoms with Crippen molar-refractivity contribution in [1.29, 1.82) is 0 Å². The molecule has 0 aliphatic rings. The van der Waals surface area contributed by atoms with Gasteiger partial charge in [0.2, 0.25) is 0 Å². The van der Waals surface area contributed by atoms with E-state index in [0.29, 0.717) is 0 Å². The Balaban J connectivity index is 4.57. The third-order valence-corrected chi connectivity index (χ3v) is 2.95. The zero-order chi connectivity index (χ0) is 8.58. The Hall–Kier alpha value is 0.830. The zero-order valence-corrected chi connectivity index (χ0v) is 8.30. The van der Waals surface area contributed by atoms with Gasteiger partial charge in [0.05, 0.1) is 0 Å². The lowest BCUT2D eigenvalue weighted by Crippen LogP contribution is -2.53. The van der Waals surface area contributed by atoms with Crippen molar-refractivity contribution in [3.63, 3.8) is 0 Å². The summed E-state index contributed by atoms with van der Waals surface area (Å²) in [5, 5.41) is 8.43. The number of carbonyl (C=O) groups is 1. The summed E-state index contributed by atoms with van der Waals surface area (Å²) in [5.41, 5.74) is 5.17. The molecule has 0 heterocycles. The van der Waals surface area contributed by atoms with Gasteiger partial charge < -0.3 is 10.8 Å². The first-order valence-electron chi connectivity index (χ1n) is 2.11. The van der Waals surface area contributed by atoms with Crippen LogP contribution in [-0.4, -0.2) is 19.4 Å². The maximum atomic E-state index is 10.3. The minimum Gasteiger partial charge on any atom is -0.479 e. The van der Waals surface area contributed by atoms with Gasteiger partial charge in [-0.1, -0.05) is 0 Å². The van der Waals surface area contributed by atoms with Crippen LogP contribution in [0.2, 0.25) is 0 Å². The molecule has 0 radical (unpaired) electrons. The van der Waals surface area contributed by atoms with E-state index in [1.54, 1.807) is 0 Å². The van der Waals surface area contributed by atoms with Gasteiger partial charge in [-0.3, -0.25) is 0 Å². The minimum absolute atomic E-state index is 1.32. The number of hydrogen-bond acceptors (Lipinski definition) is 6. The van der Waals surface area contributed by atoms with E-state index in [0.717, 1.165) is 0 Å². The molecule has 0 aromatic heterocycles. The number of nitrogens with two attached hydrogens (primary N) is 1. The average Bonchev–Trinajstić information content (AvgIpc) is 1.62. The molecule has 0 aliphatic heterocycles. The van der Waals surface area contributed by atoms with E-state index in [4.69, 9.17) is 10.8 Å². The van der Waals surface area contributed by atoms with E-state index in [1.807, 2.05) is 0 Å². The van der Waals surface area contributed by atoms with Crippen LogP contribution in [0, 0.1) is 0 Å². The molecule has 0 bridgehead atoms. The van der Waals surface area contributed by atoms with Gasteiger partial charge in [0.25, 0.3) is 0 Å². The molecule has 3 nitrogen and oxygen atoms in total. The topological polar surface area (TPSA) is 63.3 Å². The van der Waals surface area contributed by atoms with Gasteiger partial charge in [0, 0.05) is 0 Å². The van der Waals surface area contributed by atoms with Crippen LogP contribution in [0.15, 0.2) is 0 Å². The van der Waals surface area contributed by atoms with Crippen molar-refractivity contribution in [2.75, 3.05) is 0 Å². The Labute approximate surface area is 80.4 Å². The molecule has 0 aromatic carbocycles. The Kier molecular flexibility index (Phi) is 3.31. The molecule has 3 N–H and O–H groups in total. The first-order chi connectivity index (χ1) is 4.19. The van der Waals surface area contributed by atoms with E-state index in [1.165, 1.54) is 0 Å². The molecule has 0 aliphatic carbocycles. The van der Waals surface area contributed by atoms with E-state index in [9.17, 15) is 4.79 Å². The van der Waals surface area contributed by atoms with Gasteiger partial charge >= 0.3 is 5.97 Å². The van der Waals surface area contributed by atoms with Crippen LogP contribution in [0.3, 0.4) is 0 Å². The Morgan fingerprint density at radius 3 is 1.60 bits per heavy atom. The normalized spacial score (nSPS) is 18.1. The lowest BCUT2D eigenvalue weighted by atomic mass is 10.3. The SMILES string of the molecule is NC(S)(C(=O)O)C(S)(S)S. The first-order valence-corrected chi connectivity index (χ1v) is 3.90. The summed E-state index contributed by atoms with van der Waals surface area (Å²) in [7, 11) is 0. The monoisotopic (exact) mass is 217 g/mol. The number of hydrogen-bond donors (Lipinski definition) is 6. The second-order valence-electron chi connectivity index (χ2n) is 1.71. The maximum absolute atomic E-state index is 10.3. The highest BCUT2D eigenvalue weighted by molar-refractivity contribution is 8.18. The summed E-state index contributed by atoms with van der Waals surface area (Å²) >= 11 is 14.8. The molecule has 1 unspecified atom stereocenters. The lowest BCUT2D eigenvalue weighted by Gasteiger charge is -2.29. The number of aliphatic carboxylic acids is 1. The van der Waals surface area contributed by atoms with Crippen LogP contribution in [0.5, 0.6) is 0 Å². The molecule has 60 valence electrons. The van der Waals surface area contributed by atoms with Crippen LogP contribution >= 0.6 is 50.5 Å². The molecule has 10 heavy (non-hydrogen) atoms. The number of carboxylic acids is 1. The molecule has 0 saturated heterocycles. The largest absolute Gasteiger partial charge is 0.479 e. The zero-order valence-electron chi connectivity index (χ0n) is 4.72. The smallest absolute Gasteiger partial charge is 0.337 e. The van der Waals surface area contributed by atoms with E-state index >= 15 is 0 Å². The summed E-state index contributed by atoms with van der Waals surface area (Å²) in [6.07, 6.45) is 0. The van der Waals surface area contributed by atoms with Crippen molar-refractivity contribution in [3.05, 3.63) is 0 Å². The Morgan fingerprint density at radius 2 is 1.60 bits per heavy atom. The molecule has 7 heteroatoms. The number of rotatable bonds is 2. The highest BCUT2D eigenvalue weighted by atomic mass is 32.2. The van der Waals surface area contributed by atoms with E-state index in [2.05, 4.69) is 50.5 Å². The van der Waals surface area contributed by atoms with Crippen molar-refractivity contribution in [1.82, 2.24) is 0 Å². The molecule has 1 atom stereocenters. The molecule has 0 aromatic rings. The summed E-state index contributed by atoms with van der Waals surface area (Å²) in [6.45, 7) is 0. The van der Waals surface area contributed by atoms with Crippen molar-refractivity contribution in [2.24, 2.45) is 5.73 Å². The van der Waals surface area contributed by atoms with Crippen LogP contribution in [0.25, 0.3) is 0 Å². The summed E-state index contributed by atoms with van der Waals surface area (Å²) in [5.74, 6) is -1.32. The Morgan fingerprint density at radius 1 is 1.30 bits per heavy atom. The summed E-state index contributed by atoms with van der Waals surface area (Å²) < 4.78 is -1.46. The highest BCUT2D eigenvalue weighted by Gasteiger charge is 2.45. The molecule has 0 fully saturated rings. The minimum atomic E-state index is -1.86. The van der Waals surface area contributed by atoms with Crippen LogP contribution < -0.4 is 5.73 Å². The summed E-state index contributed by atoms with van der Waals surface area (Å²) in [4.78, 5) is 8.46. The third kappa shape index (κ3) is 2.16. The standard InChI is InChI=1S/C3H7NO2S4/c4-2(7,1(5)6)3(8,9)10/h7-10H,4H2,(H,5,6). The molecule has 0 rings (SSSR count). The fourth-order valence-corrected chi connectivity index (χ4v) is 0.430. The average molecular weight is 217 g/mol. The van der Waals surface area contributed by atoms with Crippen LogP contribution in [0.4, 0.5) is 0 Å². The predicted molar refractivity (Wildman–Crippen MR) is 53.2 cm³/mol. The second-order valence-corrected chi connectivity index (χ2v) is 5.48. The quantitative estimate of drug-likeness (QED) is 0.294. The number of thiol groups is 4. The predicted octanol–water partition coefficient (Wildman–Crippen LogP) is 0.0990. The highest BCUT2D eigenvalue weighted by Crippen LogP contribution is 2.37. The van der Waals surface area contributed by atoms with Crippen molar-refractivity contribution in [2.45, 2.75) is 8.28 Å². The molecular weight excluding hydrogens is 210 g/mol. The lowest BCUT2D eigenvalue weighted by molar-refractivity contribution is -0.139. The Bertz CT molecular complexity index is 151. The van der Waals surface area contributed by atoms with Gasteiger partial charge in [0.15, 0.2) is 4.87 Å².